The Hall–Kier alpha value is -2.10. The average Bonchev–Trinajstić information content (AvgIpc) is 2.73. The second-order valence-electron chi connectivity index (χ2n) is 8.06. The van der Waals surface area contributed by atoms with Crippen LogP contribution in [0.1, 0.15) is 31.2 Å². The summed E-state index contributed by atoms with van der Waals surface area (Å²) in [5, 5.41) is 10.7. The largest absolute Gasteiger partial charge is 0.497 e. The standard InChI is InChI=1S/C21H27ClN2O6S/c1-29-15-5-6-19-17(12-15)16(18(22)13-23-19)4-3-7-21(14-30-31(2,27)28)8-10-24(11-9-21)20(25)26/h5-6,12-13H,3-4,7-11,14H2,1-2H3,(H,25,26). The molecule has 0 bridgehead atoms. The predicted molar refractivity (Wildman–Crippen MR) is 118 cm³/mol. The molecule has 1 fully saturated rings. The molecule has 1 aromatic carbocycles. The summed E-state index contributed by atoms with van der Waals surface area (Å²) in [5.74, 6) is 0.719. The third kappa shape index (κ3) is 5.99. The quantitative estimate of drug-likeness (QED) is 0.582. The van der Waals surface area contributed by atoms with Gasteiger partial charge in [0.05, 0.1) is 30.5 Å². The van der Waals surface area contributed by atoms with Gasteiger partial charge in [-0.25, -0.2) is 4.79 Å². The summed E-state index contributed by atoms with van der Waals surface area (Å²) in [6, 6.07) is 5.65. The fourth-order valence-electron chi connectivity index (χ4n) is 4.09. The average molecular weight is 471 g/mol. The second kappa shape index (κ2) is 9.58. The number of hydrogen-bond acceptors (Lipinski definition) is 6. The van der Waals surface area contributed by atoms with Gasteiger partial charge < -0.3 is 14.7 Å². The van der Waals surface area contributed by atoms with Crippen LogP contribution in [0.3, 0.4) is 0 Å². The number of benzene rings is 1. The van der Waals surface area contributed by atoms with Gasteiger partial charge in [0, 0.05) is 24.7 Å². The predicted octanol–water partition coefficient (Wildman–Crippen LogP) is 3.96. The highest BCUT2D eigenvalue weighted by atomic mass is 35.5. The lowest BCUT2D eigenvalue weighted by molar-refractivity contribution is 0.0481. The number of aryl methyl sites for hydroxylation is 1. The van der Waals surface area contributed by atoms with Crippen molar-refractivity contribution in [2.45, 2.75) is 32.1 Å². The van der Waals surface area contributed by atoms with Gasteiger partial charge in [0.15, 0.2) is 0 Å². The van der Waals surface area contributed by atoms with Crippen LogP contribution in [0.4, 0.5) is 4.79 Å². The van der Waals surface area contributed by atoms with Crippen LogP contribution in [0.5, 0.6) is 5.75 Å². The first-order chi connectivity index (χ1) is 14.6. The fourth-order valence-corrected chi connectivity index (χ4v) is 4.80. The topological polar surface area (TPSA) is 106 Å². The molecule has 1 aliphatic rings. The molecular formula is C21H27ClN2O6S. The zero-order valence-corrected chi connectivity index (χ0v) is 19.2. The number of piperidine rings is 1. The molecule has 0 spiro atoms. The molecule has 0 saturated carbocycles. The van der Waals surface area contributed by atoms with Gasteiger partial charge in [-0.3, -0.25) is 9.17 Å². The van der Waals surface area contributed by atoms with Crippen LogP contribution in [-0.2, 0) is 20.7 Å². The third-order valence-electron chi connectivity index (χ3n) is 5.94. The molecule has 8 nitrogen and oxygen atoms in total. The van der Waals surface area contributed by atoms with Gasteiger partial charge >= 0.3 is 6.09 Å². The van der Waals surface area contributed by atoms with Crippen LogP contribution >= 0.6 is 11.6 Å². The minimum absolute atomic E-state index is 0.0535. The molecule has 170 valence electrons. The Kier molecular flexibility index (Phi) is 7.28. The number of halogens is 1. The van der Waals surface area contributed by atoms with Crippen molar-refractivity contribution in [3.63, 3.8) is 0 Å². The summed E-state index contributed by atoms with van der Waals surface area (Å²) in [4.78, 5) is 17.0. The van der Waals surface area contributed by atoms with Crippen LogP contribution in [0, 0.1) is 5.41 Å². The number of carbonyl (C=O) groups is 1. The summed E-state index contributed by atoms with van der Waals surface area (Å²) < 4.78 is 33.6. The van der Waals surface area contributed by atoms with E-state index in [-0.39, 0.29) is 6.61 Å². The molecule has 1 amide bonds. The van der Waals surface area contributed by atoms with E-state index in [1.165, 1.54) is 4.90 Å². The van der Waals surface area contributed by atoms with Gasteiger partial charge in [-0.2, -0.15) is 8.42 Å². The van der Waals surface area contributed by atoms with Crippen molar-refractivity contribution in [3.8, 4) is 5.75 Å². The van der Waals surface area contributed by atoms with E-state index in [2.05, 4.69) is 4.98 Å². The molecule has 31 heavy (non-hydrogen) atoms. The number of ether oxygens (including phenoxy) is 1. The molecule has 0 radical (unpaired) electrons. The van der Waals surface area contributed by atoms with Crippen LogP contribution in [0.15, 0.2) is 24.4 Å². The molecule has 1 aliphatic heterocycles. The Morgan fingerprint density at radius 2 is 2.03 bits per heavy atom. The molecular weight excluding hydrogens is 444 g/mol. The Bertz CT molecular complexity index is 1050. The fraction of sp³-hybridized carbons (Fsp3) is 0.524. The number of hydrogen-bond donors (Lipinski definition) is 1. The molecule has 10 heteroatoms. The maximum Gasteiger partial charge on any atom is 0.407 e. The van der Waals surface area contributed by atoms with Gasteiger partial charge in [0.1, 0.15) is 5.75 Å². The summed E-state index contributed by atoms with van der Waals surface area (Å²) in [5.41, 5.74) is 1.39. The van der Waals surface area contributed by atoms with Crippen LogP contribution in [0.2, 0.25) is 5.02 Å². The van der Waals surface area contributed by atoms with E-state index in [1.807, 2.05) is 18.2 Å². The SMILES string of the molecule is COc1ccc2ncc(Cl)c(CCCC3(COS(C)(=O)=O)CCN(C(=O)O)CC3)c2c1. The van der Waals surface area contributed by atoms with Gasteiger partial charge in [-0.15, -0.1) is 0 Å². The van der Waals surface area contributed by atoms with E-state index in [0.717, 1.165) is 34.9 Å². The zero-order valence-electron chi connectivity index (χ0n) is 17.6. The molecule has 0 unspecified atom stereocenters. The number of methoxy groups -OCH3 is 1. The Morgan fingerprint density at radius 3 is 2.65 bits per heavy atom. The molecule has 1 N–H and O–H groups in total. The van der Waals surface area contributed by atoms with E-state index in [1.54, 1.807) is 13.3 Å². The zero-order chi connectivity index (χ0) is 22.6. The highest BCUT2D eigenvalue weighted by Gasteiger charge is 2.37. The number of pyridine rings is 1. The number of aromatic nitrogens is 1. The van der Waals surface area contributed by atoms with Gasteiger partial charge in [-0.1, -0.05) is 11.6 Å². The monoisotopic (exact) mass is 470 g/mol. The molecule has 2 aromatic rings. The van der Waals surface area contributed by atoms with Crippen LogP contribution < -0.4 is 4.74 Å². The van der Waals surface area contributed by atoms with Crippen molar-refractivity contribution < 1.29 is 27.2 Å². The van der Waals surface area contributed by atoms with Crippen molar-refractivity contribution in [2.24, 2.45) is 5.41 Å². The van der Waals surface area contributed by atoms with Crippen molar-refractivity contribution >= 4 is 38.7 Å². The molecule has 2 heterocycles. The minimum Gasteiger partial charge on any atom is -0.497 e. The first-order valence-corrected chi connectivity index (χ1v) is 12.3. The number of nitrogens with zero attached hydrogens (tertiary/aromatic N) is 2. The highest BCUT2D eigenvalue weighted by Crippen LogP contribution is 2.38. The smallest absolute Gasteiger partial charge is 0.407 e. The maximum absolute atomic E-state index is 11.6. The van der Waals surface area contributed by atoms with Gasteiger partial charge in [0.25, 0.3) is 10.1 Å². The summed E-state index contributed by atoms with van der Waals surface area (Å²) in [7, 11) is -1.98. The van der Waals surface area contributed by atoms with Gasteiger partial charge in [0.2, 0.25) is 0 Å². The first-order valence-electron chi connectivity index (χ1n) is 10.1. The number of rotatable bonds is 8. The van der Waals surface area contributed by atoms with Crippen LogP contribution in [-0.4, -0.2) is 62.6 Å². The Balaban J connectivity index is 1.76. The lowest BCUT2D eigenvalue weighted by atomic mass is 9.75. The second-order valence-corrected chi connectivity index (χ2v) is 10.1. The molecule has 1 saturated heterocycles. The van der Waals surface area contributed by atoms with Crippen molar-refractivity contribution in [1.29, 1.82) is 0 Å². The van der Waals surface area contributed by atoms with Gasteiger partial charge in [-0.05, 0) is 61.3 Å². The highest BCUT2D eigenvalue weighted by molar-refractivity contribution is 7.85. The molecule has 0 atom stereocenters. The normalized spacial score (nSPS) is 16.4. The van der Waals surface area contributed by atoms with Crippen molar-refractivity contribution in [2.75, 3.05) is 33.1 Å². The van der Waals surface area contributed by atoms with E-state index in [9.17, 15) is 18.3 Å². The Labute approximate surface area is 187 Å². The molecule has 1 aromatic heterocycles. The Morgan fingerprint density at radius 1 is 1.32 bits per heavy atom. The lowest BCUT2D eigenvalue weighted by Crippen LogP contribution is -2.44. The molecule has 3 rings (SSSR count). The van der Waals surface area contributed by atoms with Crippen LogP contribution in [0.25, 0.3) is 10.9 Å². The number of fused-ring (bicyclic) bond motifs is 1. The van der Waals surface area contributed by atoms with E-state index in [4.69, 9.17) is 20.5 Å². The maximum atomic E-state index is 11.6. The number of likely N-dealkylation sites (tertiary alicyclic amines) is 1. The summed E-state index contributed by atoms with van der Waals surface area (Å²) in [6.45, 7) is 0.773. The summed E-state index contributed by atoms with van der Waals surface area (Å²) in [6.07, 6.45) is 4.93. The van der Waals surface area contributed by atoms with Crippen molar-refractivity contribution in [1.82, 2.24) is 9.88 Å². The van der Waals surface area contributed by atoms with Crippen molar-refractivity contribution in [3.05, 3.63) is 35.0 Å². The first kappa shape index (κ1) is 23.6. The number of amides is 1. The number of carboxylic acid groups (broad SMARTS) is 1. The van der Waals surface area contributed by atoms with E-state index in [0.29, 0.717) is 43.8 Å². The minimum atomic E-state index is -3.59. The summed E-state index contributed by atoms with van der Waals surface area (Å²) >= 11 is 6.45. The van der Waals surface area contributed by atoms with E-state index < -0.39 is 21.6 Å². The third-order valence-corrected chi connectivity index (χ3v) is 6.81. The molecule has 0 aliphatic carbocycles. The van der Waals surface area contributed by atoms with E-state index >= 15 is 0 Å². The lowest BCUT2D eigenvalue weighted by Gasteiger charge is -2.40.